The summed E-state index contributed by atoms with van der Waals surface area (Å²) in [5.74, 6) is -0.366. The molecule has 0 aliphatic carbocycles. The maximum Gasteiger partial charge on any atom is 0.421 e. The first kappa shape index (κ1) is 5.81. The standard InChI is InChI=1S/C5H5NO3/c1-2-6-4(7)3-9-5(6)8/h2H,1,3H2. The number of ether oxygens (including phenoxy) is 1. The summed E-state index contributed by atoms with van der Waals surface area (Å²) in [4.78, 5) is 21.8. The second-order valence-corrected chi connectivity index (χ2v) is 1.50. The average molecular weight is 127 g/mol. The molecule has 0 unspecified atom stereocenters. The highest BCUT2D eigenvalue weighted by Crippen LogP contribution is 2.03. The molecule has 0 atom stereocenters. The van der Waals surface area contributed by atoms with Crippen LogP contribution in [0, 0.1) is 0 Å². The van der Waals surface area contributed by atoms with Crippen LogP contribution in [-0.2, 0) is 9.53 Å². The van der Waals surface area contributed by atoms with Gasteiger partial charge in [-0.25, -0.2) is 9.69 Å². The first-order valence-corrected chi connectivity index (χ1v) is 2.37. The van der Waals surface area contributed by atoms with Crippen molar-refractivity contribution >= 4 is 12.0 Å². The molecule has 0 N–H and O–H groups in total. The van der Waals surface area contributed by atoms with Crippen LogP contribution in [0.3, 0.4) is 0 Å². The monoisotopic (exact) mass is 127 g/mol. The minimum Gasteiger partial charge on any atom is -0.439 e. The Morgan fingerprint density at radius 2 is 2.33 bits per heavy atom. The fourth-order valence-corrected chi connectivity index (χ4v) is 0.541. The van der Waals surface area contributed by atoms with Crippen LogP contribution in [0.1, 0.15) is 0 Å². The molecular formula is C5H5NO3. The molecule has 0 aromatic rings. The number of rotatable bonds is 1. The van der Waals surface area contributed by atoms with Gasteiger partial charge in [0, 0.05) is 6.20 Å². The quantitative estimate of drug-likeness (QED) is 0.502. The van der Waals surface area contributed by atoms with Crippen LogP contribution in [-0.4, -0.2) is 23.5 Å². The van der Waals surface area contributed by atoms with Gasteiger partial charge >= 0.3 is 6.09 Å². The van der Waals surface area contributed by atoms with Crippen molar-refractivity contribution in [1.82, 2.24) is 4.90 Å². The van der Waals surface area contributed by atoms with Crippen LogP contribution >= 0.6 is 0 Å². The SMILES string of the molecule is C=CN1C(=O)COC1=O. The number of cyclic esters (lactones) is 1. The smallest absolute Gasteiger partial charge is 0.421 e. The molecule has 0 radical (unpaired) electrons. The van der Waals surface area contributed by atoms with E-state index in [0.717, 1.165) is 11.1 Å². The second-order valence-electron chi connectivity index (χ2n) is 1.50. The summed E-state index contributed by atoms with van der Waals surface area (Å²) in [6.45, 7) is 3.09. The van der Waals surface area contributed by atoms with Gasteiger partial charge in [0.25, 0.3) is 5.91 Å². The zero-order valence-electron chi connectivity index (χ0n) is 4.66. The van der Waals surface area contributed by atoms with Crippen molar-refractivity contribution in [2.75, 3.05) is 6.61 Å². The van der Waals surface area contributed by atoms with Gasteiger partial charge in [-0.05, 0) is 0 Å². The Morgan fingerprint density at radius 3 is 2.56 bits per heavy atom. The van der Waals surface area contributed by atoms with Crippen molar-refractivity contribution in [1.29, 1.82) is 0 Å². The third-order valence-corrected chi connectivity index (χ3v) is 0.967. The van der Waals surface area contributed by atoms with Crippen LogP contribution in [0.5, 0.6) is 0 Å². The Balaban J connectivity index is 2.77. The van der Waals surface area contributed by atoms with E-state index >= 15 is 0 Å². The maximum atomic E-state index is 10.5. The minimum absolute atomic E-state index is 0.162. The third kappa shape index (κ3) is 0.782. The zero-order chi connectivity index (χ0) is 6.85. The summed E-state index contributed by atoms with van der Waals surface area (Å²) in [6, 6.07) is 0. The van der Waals surface area contributed by atoms with Crippen LogP contribution in [0.15, 0.2) is 12.8 Å². The van der Waals surface area contributed by atoms with E-state index in [1.54, 1.807) is 0 Å². The Kier molecular flexibility index (Phi) is 1.22. The lowest BCUT2D eigenvalue weighted by atomic mass is 10.6. The van der Waals surface area contributed by atoms with E-state index in [9.17, 15) is 9.59 Å². The van der Waals surface area contributed by atoms with E-state index in [4.69, 9.17) is 0 Å². The lowest BCUT2D eigenvalue weighted by Gasteiger charge is -1.99. The zero-order valence-corrected chi connectivity index (χ0v) is 4.66. The van der Waals surface area contributed by atoms with Crippen LogP contribution < -0.4 is 0 Å². The minimum atomic E-state index is -0.644. The lowest BCUT2D eigenvalue weighted by molar-refractivity contribution is -0.124. The number of hydrogen-bond donors (Lipinski definition) is 0. The van der Waals surface area contributed by atoms with Crippen molar-refractivity contribution in [3.05, 3.63) is 12.8 Å². The highest BCUT2D eigenvalue weighted by atomic mass is 16.6. The average Bonchev–Trinajstić information content (AvgIpc) is 2.12. The summed E-state index contributed by atoms with van der Waals surface area (Å²) in [5.41, 5.74) is 0. The molecule has 1 aliphatic heterocycles. The summed E-state index contributed by atoms with van der Waals surface area (Å²) >= 11 is 0. The van der Waals surface area contributed by atoms with Gasteiger partial charge in [0.1, 0.15) is 0 Å². The molecule has 48 valence electrons. The molecule has 1 saturated heterocycles. The summed E-state index contributed by atoms with van der Waals surface area (Å²) in [7, 11) is 0. The molecule has 1 fully saturated rings. The van der Waals surface area contributed by atoms with Crippen molar-refractivity contribution in [2.24, 2.45) is 0 Å². The van der Waals surface area contributed by atoms with Gasteiger partial charge in [0.05, 0.1) is 0 Å². The molecule has 9 heavy (non-hydrogen) atoms. The first-order chi connectivity index (χ1) is 4.25. The van der Waals surface area contributed by atoms with Gasteiger partial charge in [-0.15, -0.1) is 0 Å². The molecule has 0 saturated carbocycles. The molecule has 1 aliphatic rings. The van der Waals surface area contributed by atoms with Gasteiger partial charge in [-0.3, -0.25) is 4.79 Å². The van der Waals surface area contributed by atoms with Crippen molar-refractivity contribution < 1.29 is 14.3 Å². The summed E-state index contributed by atoms with van der Waals surface area (Å²) in [5, 5.41) is 0. The van der Waals surface area contributed by atoms with E-state index in [2.05, 4.69) is 11.3 Å². The fraction of sp³-hybridized carbons (Fsp3) is 0.200. The summed E-state index contributed by atoms with van der Waals surface area (Å²) in [6.07, 6.45) is 0.493. The Hall–Kier alpha value is -1.32. The van der Waals surface area contributed by atoms with Gasteiger partial charge in [0.2, 0.25) is 0 Å². The van der Waals surface area contributed by atoms with Gasteiger partial charge < -0.3 is 4.74 Å². The Labute approximate surface area is 51.7 Å². The van der Waals surface area contributed by atoms with Gasteiger partial charge in [-0.2, -0.15) is 0 Å². The number of carbonyl (C=O) groups is 2. The molecule has 0 bridgehead atoms. The molecule has 2 amide bonds. The topological polar surface area (TPSA) is 46.6 Å². The number of carbonyl (C=O) groups excluding carboxylic acids is 2. The largest absolute Gasteiger partial charge is 0.439 e. The molecule has 0 aromatic carbocycles. The normalized spacial score (nSPS) is 18.0. The Morgan fingerprint density at radius 1 is 1.67 bits per heavy atom. The Bertz CT molecular complexity index is 159. The molecule has 4 heteroatoms. The number of hydrogen-bond acceptors (Lipinski definition) is 3. The van der Waals surface area contributed by atoms with Crippen LogP contribution in [0.4, 0.5) is 4.79 Å². The number of imide groups is 1. The van der Waals surface area contributed by atoms with Crippen molar-refractivity contribution in [3.8, 4) is 0 Å². The van der Waals surface area contributed by atoms with Crippen molar-refractivity contribution in [3.63, 3.8) is 0 Å². The fourth-order valence-electron chi connectivity index (χ4n) is 0.541. The molecule has 0 aromatic heterocycles. The van der Waals surface area contributed by atoms with E-state index in [0.29, 0.717) is 0 Å². The summed E-state index contributed by atoms with van der Waals surface area (Å²) < 4.78 is 4.33. The molecule has 4 nitrogen and oxygen atoms in total. The molecular weight excluding hydrogens is 122 g/mol. The van der Waals surface area contributed by atoms with Gasteiger partial charge in [-0.1, -0.05) is 6.58 Å². The highest BCUT2D eigenvalue weighted by Gasteiger charge is 2.27. The molecule has 0 spiro atoms. The molecule has 1 rings (SSSR count). The predicted octanol–water partition coefficient (Wildman–Crippen LogP) is 0.109. The van der Waals surface area contributed by atoms with Gasteiger partial charge in [0.15, 0.2) is 6.61 Å². The van der Waals surface area contributed by atoms with Crippen LogP contribution in [0.2, 0.25) is 0 Å². The van der Waals surface area contributed by atoms with E-state index < -0.39 is 6.09 Å². The van der Waals surface area contributed by atoms with E-state index in [-0.39, 0.29) is 12.5 Å². The highest BCUT2D eigenvalue weighted by molar-refractivity contribution is 5.98. The third-order valence-electron chi connectivity index (χ3n) is 0.967. The van der Waals surface area contributed by atoms with E-state index in [1.165, 1.54) is 0 Å². The first-order valence-electron chi connectivity index (χ1n) is 2.37. The predicted molar refractivity (Wildman–Crippen MR) is 28.4 cm³/mol. The second kappa shape index (κ2) is 1.89. The van der Waals surface area contributed by atoms with E-state index in [1.807, 2.05) is 0 Å². The molecule has 1 heterocycles. The number of nitrogens with zero attached hydrogens (tertiary/aromatic N) is 1. The maximum absolute atomic E-state index is 10.5. The lowest BCUT2D eigenvalue weighted by Crippen LogP contribution is -2.21. The van der Waals surface area contributed by atoms with Crippen molar-refractivity contribution in [2.45, 2.75) is 0 Å². The van der Waals surface area contributed by atoms with Crippen LogP contribution in [0.25, 0.3) is 0 Å². The number of amides is 2.